The number of carbonyl (C=O) groups excluding carboxylic acids is 1. The van der Waals surface area contributed by atoms with Gasteiger partial charge in [0.05, 0.1) is 5.69 Å². The Bertz CT molecular complexity index is 780. The fourth-order valence-electron chi connectivity index (χ4n) is 2.60. The number of carbonyl (C=O) groups is 1. The molecule has 7 heteroatoms. The molecule has 0 bridgehead atoms. The van der Waals surface area contributed by atoms with Crippen molar-refractivity contribution >= 4 is 23.5 Å². The molecular formula is C19H26N4O2S. The minimum Gasteiger partial charge on any atom is -0.508 e. The van der Waals surface area contributed by atoms with E-state index in [2.05, 4.69) is 32.0 Å². The third kappa shape index (κ3) is 4.49. The van der Waals surface area contributed by atoms with Crippen molar-refractivity contribution < 1.29 is 9.90 Å². The maximum absolute atomic E-state index is 12.1. The number of benzene rings is 2. The van der Waals surface area contributed by atoms with Crippen molar-refractivity contribution in [1.29, 1.82) is 0 Å². The van der Waals surface area contributed by atoms with Gasteiger partial charge in [0.2, 0.25) is 0 Å². The van der Waals surface area contributed by atoms with E-state index < -0.39 is 6.03 Å². The Morgan fingerprint density at radius 3 is 2.50 bits per heavy atom. The number of rotatable bonds is 6. The van der Waals surface area contributed by atoms with E-state index in [4.69, 9.17) is 11.7 Å². The van der Waals surface area contributed by atoms with Gasteiger partial charge in [-0.1, -0.05) is 32.0 Å². The molecule has 140 valence electrons. The first-order valence-electron chi connectivity index (χ1n) is 8.51. The molecule has 6 nitrogen and oxygen atoms in total. The zero-order valence-corrected chi connectivity index (χ0v) is 16.2. The Labute approximate surface area is 158 Å². The number of anilines is 1. The van der Waals surface area contributed by atoms with Crippen LogP contribution in [0.2, 0.25) is 0 Å². The molecule has 0 saturated heterocycles. The molecule has 0 heterocycles. The molecule has 0 radical (unpaired) electrons. The highest BCUT2D eigenvalue weighted by Gasteiger charge is 2.20. The maximum Gasteiger partial charge on any atom is 0.352 e. The number of hydrazine groups is 2. The van der Waals surface area contributed by atoms with Gasteiger partial charge >= 0.3 is 6.03 Å². The lowest BCUT2D eigenvalue weighted by molar-refractivity contribution is 0.216. The molecule has 0 fully saturated rings. The average Bonchev–Trinajstić information content (AvgIpc) is 2.65. The number of phenols is 1. The van der Waals surface area contributed by atoms with Crippen molar-refractivity contribution in [2.75, 3.05) is 12.1 Å². The van der Waals surface area contributed by atoms with Crippen LogP contribution >= 0.6 is 11.8 Å². The smallest absolute Gasteiger partial charge is 0.352 e. The van der Waals surface area contributed by atoms with Crippen molar-refractivity contribution in [3.8, 4) is 5.75 Å². The number of amides is 2. The standard InChI is InChI=1S/C19H26N4O2S/c1-4-13-9-10-14(5-2)18(11-13)26-12-15-16(7-6-8-17(15)24)23(21)19(25)22(3)20/h6-11,24H,4-5,12,20-21H2,1-3H3. The number of aryl methyl sites for hydroxylation is 2. The van der Waals surface area contributed by atoms with E-state index in [1.807, 2.05) is 0 Å². The maximum atomic E-state index is 12.1. The van der Waals surface area contributed by atoms with Crippen molar-refractivity contribution in [1.82, 2.24) is 5.01 Å². The third-order valence-corrected chi connectivity index (χ3v) is 5.31. The Balaban J connectivity index is 2.32. The highest BCUT2D eigenvalue weighted by Crippen LogP contribution is 2.35. The molecule has 0 aliphatic carbocycles. The molecule has 2 aromatic rings. The lowest BCUT2D eigenvalue weighted by Gasteiger charge is -2.23. The van der Waals surface area contributed by atoms with Gasteiger partial charge in [0.15, 0.2) is 0 Å². The number of nitrogens with zero attached hydrogens (tertiary/aromatic N) is 2. The summed E-state index contributed by atoms with van der Waals surface area (Å²) in [6.45, 7) is 4.24. The van der Waals surface area contributed by atoms with Crippen LogP contribution in [0.5, 0.6) is 5.75 Å². The molecule has 2 amide bonds. The number of hydrogen-bond donors (Lipinski definition) is 3. The lowest BCUT2D eigenvalue weighted by atomic mass is 10.1. The molecule has 0 spiro atoms. The summed E-state index contributed by atoms with van der Waals surface area (Å²) in [4.78, 5) is 13.3. The van der Waals surface area contributed by atoms with Crippen molar-refractivity contribution in [2.24, 2.45) is 11.7 Å². The fraction of sp³-hybridized carbons (Fsp3) is 0.316. The van der Waals surface area contributed by atoms with E-state index >= 15 is 0 Å². The Morgan fingerprint density at radius 2 is 1.88 bits per heavy atom. The van der Waals surface area contributed by atoms with Crippen LogP contribution in [0.1, 0.15) is 30.5 Å². The van der Waals surface area contributed by atoms with E-state index in [1.165, 1.54) is 23.1 Å². The lowest BCUT2D eigenvalue weighted by Crippen LogP contribution is -2.48. The summed E-state index contributed by atoms with van der Waals surface area (Å²) in [6, 6.07) is 10.8. The highest BCUT2D eigenvalue weighted by molar-refractivity contribution is 7.98. The van der Waals surface area contributed by atoms with Gasteiger partial charge in [0.1, 0.15) is 5.75 Å². The van der Waals surface area contributed by atoms with Crippen LogP contribution in [0, 0.1) is 0 Å². The second-order valence-corrected chi connectivity index (χ2v) is 6.99. The number of phenolic OH excluding ortho intramolecular Hbond substituents is 1. The van der Waals surface area contributed by atoms with Gasteiger partial charge in [-0.3, -0.25) is 5.01 Å². The second-order valence-electron chi connectivity index (χ2n) is 5.98. The summed E-state index contributed by atoms with van der Waals surface area (Å²) in [7, 11) is 1.42. The molecule has 0 aliphatic rings. The van der Waals surface area contributed by atoms with Crippen molar-refractivity contribution in [3.05, 3.63) is 53.1 Å². The van der Waals surface area contributed by atoms with E-state index in [1.54, 1.807) is 30.0 Å². The summed E-state index contributed by atoms with van der Waals surface area (Å²) < 4.78 is 0. The molecule has 0 aliphatic heterocycles. The Morgan fingerprint density at radius 1 is 1.15 bits per heavy atom. The minimum absolute atomic E-state index is 0.0996. The van der Waals surface area contributed by atoms with E-state index in [0.29, 0.717) is 17.0 Å². The second kappa shape index (κ2) is 8.93. The Kier molecular flexibility index (Phi) is 6.90. The quantitative estimate of drug-likeness (QED) is 0.312. The van der Waals surface area contributed by atoms with Crippen LogP contribution in [0.3, 0.4) is 0 Å². The Hall–Kier alpha value is -2.22. The molecule has 2 aromatic carbocycles. The van der Waals surface area contributed by atoms with Crippen molar-refractivity contribution in [3.63, 3.8) is 0 Å². The minimum atomic E-state index is -0.566. The van der Waals surface area contributed by atoms with Gasteiger partial charge < -0.3 is 5.11 Å². The SMILES string of the molecule is CCc1ccc(CC)c(SCc2c(O)cccc2N(N)C(=O)N(C)N)c1. The predicted molar refractivity (Wildman–Crippen MR) is 107 cm³/mol. The molecule has 5 N–H and O–H groups in total. The fourth-order valence-corrected chi connectivity index (χ4v) is 3.83. The first kappa shape index (κ1) is 20.1. The molecule has 0 unspecified atom stereocenters. The van der Waals surface area contributed by atoms with Gasteiger partial charge in [0, 0.05) is 23.3 Å². The predicted octanol–water partition coefficient (Wildman–Crippen LogP) is 3.41. The molecule has 0 aromatic heterocycles. The summed E-state index contributed by atoms with van der Waals surface area (Å²) in [6.07, 6.45) is 1.90. The van der Waals surface area contributed by atoms with E-state index in [9.17, 15) is 9.90 Å². The van der Waals surface area contributed by atoms with Crippen LogP contribution in [0.15, 0.2) is 41.3 Å². The first-order valence-corrected chi connectivity index (χ1v) is 9.50. The average molecular weight is 375 g/mol. The van der Waals surface area contributed by atoms with Crippen molar-refractivity contribution in [2.45, 2.75) is 37.3 Å². The first-order chi connectivity index (χ1) is 12.4. The van der Waals surface area contributed by atoms with Gasteiger partial charge in [0.25, 0.3) is 0 Å². The highest BCUT2D eigenvalue weighted by atomic mass is 32.2. The van der Waals surface area contributed by atoms with Crippen LogP contribution in [0.4, 0.5) is 10.5 Å². The molecule has 2 rings (SSSR count). The van der Waals surface area contributed by atoms with Crippen LogP contribution in [0.25, 0.3) is 0 Å². The number of nitrogens with two attached hydrogens (primary N) is 2. The van der Waals surface area contributed by atoms with E-state index in [-0.39, 0.29) is 5.75 Å². The van der Waals surface area contributed by atoms with Crippen LogP contribution < -0.4 is 16.7 Å². The van der Waals surface area contributed by atoms with Gasteiger partial charge in [-0.2, -0.15) is 0 Å². The molecular weight excluding hydrogens is 348 g/mol. The van der Waals surface area contributed by atoms with Gasteiger partial charge in [-0.15, -0.1) is 11.8 Å². The number of hydrogen-bond acceptors (Lipinski definition) is 5. The van der Waals surface area contributed by atoms with E-state index in [0.717, 1.165) is 22.9 Å². The third-order valence-electron chi connectivity index (χ3n) is 4.19. The summed E-state index contributed by atoms with van der Waals surface area (Å²) in [5.74, 6) is 12.0. The molecule has 0 saturated carbocycles. The largest absolute Gasteiger partial charge is 0.508 e. The summed E-state index contributed by atoms with van der Waals surface area (Å²) >= 11 is 1.62. The normalized spacial score (nSPS) is 10.7. The zero-order chi connectivity index (χ0) is 19.3. The summed E-state index contributed by atoms with van der Waals surface area (Å²) in [5, 5.41) is 12.2. The number of thioether (sulfide) groups is 1. The van der Waals surface area contributed by atoms with Crippen LogP contribution in [-0.4, -0.2) is 23.2 Å². The number of urea groups is 1. The summed E-state index contributed by atoms with van der Waals surface area (Å²) in [5.41, 5.74) is 3.55. The van der Waals surface area contributed by atoms with Gasteiger partial charge in [-0.05, 0) is 42.2 Å². The van der Waals surface area contributed by atoms with Crippen LogP contribution in [-0.2, 0) is 18.6 Å². The van der Waals surface area contributed by atoms with Gasteiger partial charge in [-0.25, -0.2) is 21.5 Å². The number of aromatic hydroxyl groups is 1. The topological polar surface area (TPSA) is 95.8 Å². The zero-order valence-electron chi connectivity index (χ0n) is 15.4. The molecule has 0 atom stereocenters. The monoisotopic (exact) mass is 374 g/mol. The molecule has 26 heavy (non-hydrogen) atoms.